The van der Waals surface area contributed by atoms with E-state index in [1.807, 2.05) is 4.90 Å². The van der Waals surface area contributed by atoms with Gasteiger partial charge in [-0.15, -0.1) is 0 Å². The fourth-order valence-corrected chi connectivity index (χ4v) is 6.75. The van der Waals surface area contributed by atoms with Crippen LogP contribution in [-0.2, 0) is 27.4 Å². The topological polar surface area (TPSA) is 112 Å². The molecule has 10 nitrogen and oxygen atoms in total. The molecule has 6 rings (SSSR count). The minimum atomic E-state index is -0.702. The highest BCUT2D eigenvalue weighted by molar-refractivity contribution is 6.05. The van der Waals surface area contributed by atoms with Gasteiger partial charge in [0, 0.05) is 67.6 Å². The molecular weight excluding hydrogens is 517 g/mol. The smallest absolute Gasteiger partial charge is 0.409 e. The van der Waals surface area contributed by atoms with Gasteiger partial charge in [0.15, 0.2) is 5.82 Å². The molecule has 0 aliphatic carbocycles. The Bertz CT molecular complexity index is 1390. The van der Waals surface area contributed by atoms with E-state index in [1.165, 1.54) is 12.0 Å². The molecule has 4 aliphatic rings. The van der Waals surface area contributed by atoms with Crippen LogP contribution in [0, 0.1) is 5.82 Å². The number of fused-ring (bicyclic) bond motifs is 1. The highest BCUT2D eigenvalue weighted by atomic mass is 19.1. The molecule has 1 N–H and O–H groups in total. The third kappa shape index (κ3) is 4.51. The Labute approximate surface area is 231 Å². The van der Waals surface area contributed by atoms with Crippen molar-refractivity contribution in [1.29, 1.82) is 0 Å². The van der Waals surface area contributed by atoms with Gasteiger partial charge in [0.2, 0.25) is 11.8 Å². The number of aromatic nitrogens is 1. The fraction of sp³-hybridized carbons (Fsp3) is 0.483. The predicted octanol–water partition coefficient (Wildman–Crippen LogP) is 2.85. The van der Waals surface area contributed by atoms with Crippen molar-refractivity contribution in [2.45, 2.75) is 63.2 Å². The number of carbonyl (C=O) groups is 4. The lowest BCUT2D eigenvalue weighted by Gasteiger charge is -2.44. The summed E-state index contributed by atoms with van der Waals surface area (Å²) >= 11 is 0. The zero-order valence-corrected chi connectivity index (χ0v) is 22.5. The average molecular weight is 550 g/mol. The molecule has 3 saturated heterocycles. The first kappa shape index (κ1) is 26.4. The van der Waals surface area contributed by atoms with Crippen LogP contribution >= 0.6 is 0 Å². The standard InChI is InChI=1S/C29H32FN5O5/c1-40-28(39)35-12-2-8-29(35)9-13-33(14-10-29)16-19-7-11-31-25(24(19)30)18-3-4-21-20(15-18)17-34(27(21)38)22-5-6-23(36)32-26(22)37/h3-4,7,11,15,22H,2,5-6,8-10,12-14,16-17H2,1H3,(H,32,36,37). The summed E-state index contributed by atoms with van der Waals surface area (Å²) in [6.07, 6.45) is 5.38. The van der Waals surface area contributed by atoms with Gasteiger partial charge in [-0.1, -0.05) is 6.07 Å². The van der Waals surface area contributed by atoms with Crippen LogP contribution in [0.4, 0.5) is 9.18 Å². The molecule has 4 aliphatic heterocycles. The Morgan fingerprint density at radius 3 is 2.70 bits per heavy atom. The van der Waals surface area contributed by atoms with E-state index in [4.69, 9.17) is 4.74 Å². The predicted molar refractivity (Wildman–Crippen MR) is 141 cm³/mol. The fourth-order valence-electron chi connectivity index (χ4n) is 6.75. The minimum absolute atomic E-state index is 0.172. The Hall–Kier alpha value is -3.86. The number of pyridine rings is 1. The van der Waals surface area contributed by atoms with Crippen molar-refractivity contribution in [3.63, 3.8) is 0 Å². The first-order valence-corrected chi connectivity index (χ1v) is 13.8. The maximum Gasteiger partial charge on any atom is 0.409 e. The second-order valence-corrected chi connectivity index (χ2v) is 11.1. The molecule has 1 spiro atoms. The average Bonchev–Trinajstić information content (AvgIpc) is 3.51. The van der Waals surface area contributed by atoms with Crippen molar-refractivity contribution in [2.75, 3.05) is 26.7 Å². The second-order valence-electron chi connectivity index (χ2n) is 11.1. The van der Waals surface area contributed by atoms with Crippen LogP contribution in [-0.4, -0.2) is 81.8 Å². The van der Waals surface area contributed by atoms with E-state index in [0.29, 0.717) is 35.3 Å². The zero-order valence-electron chi connectivity index (χ0n) is 22.5. The number of imide groups is 1. The van der Waals surface area contributed by atoms with Crippen LogP contribution in [0.25, 0.3) is 11.3 Å². The highest BCUT2D eigenvalue weighted by Gasteiger charge is 2.46. The Morgan fingerprint density at radius 1 is 1.15 bits per heavy atom. The third-order valence-electron chi connectivity index (χ3n) is 8.94. The normalized spacial score (nSPS) is 22.6. The van der Waals surface area contributed by atoms with Crippen molar-refractivity contribution >= 4 is 23.8 Å². The van der Waals surface area contributed by atoms with Crippen molar-refractivity contribution in [2.24, 2.45) is 0 Å². The first-order valence-electron chi connectivity index (χ1n) is 13.8. The first-order chi connectivity index (χ1) is 19.3. The number of benzene rings is 1. The van der Waals surface area contributed by atoms with Gasteiger partial charge in [0.25, 0.3) is 5.91 Å². The summed E-state index contributed by atoms with van der Waals surface area (Å²) in [4.78, 5) is 59.0. The van der Waals surface area contributed by atoms with Gasteiger partial charge >= 0.3 is 6.09 Å². The molecule has 3 fully saturated rings. The van der Waals surface area contributed by atoms with Crippen molar-refractivity contribution in [3.05, 3.63) is 53.0 Å². The number of methoxy groups -OCH3 is 1. The van der Waals surface area contributed by atoms with E-state index >= 15 is 4.39 Å². The van der Waals surface area contributed by atoms with Crippen molar-refractivity contribution in [3.8, 4) is 11.3 Å². The summed E-state index contributed by atoms with van der Waals surface area (Å²) in [5, 5.41) is 2.30. The number of nitrogens with one attached hydrogen (secondary N) is 1. The molecule has 5 heterocycles. The molecule has 0 saturated carbocycles. The van der Waals surface area contributed by atoms with Crippen molar-refractivity contribution < 1.29 is 28.3 Å². The monoisotopic (exact) mass is 549 g/mol. The molecule has 4 amide bonds. The lowest BCUT2D eigenvalue weighted by Crippen LogP contribution is -2.53. The van der Waals surface area contributed by atoms with E-state index in [9.17, 15) is 19.2 Å². The molecule has 1 aromatic heterocycles. The lowest BCUT2D eigenvalue weighted by atomic mass is 9.85. The number of rotatable bonds is 4. The van der Waals surface area contributed by atoms with Gasteiger partial charge in [0.1, 0.15) is 11.7 Å². The Balaban J connectivity index is 1.16. The molecule has 1 unspecified atom stereocenters. The van der Waals surface area contributed by atoms with Crippen LogP contribution < -0.4 is 5.32 Å². The number of halogens is 1. The third-order valence-corrected chi connectivity index (χ3v) is 8.94. The number of amides is 4. The van der Waals surface area contributed by atoms with E-state index in [1.54, 1.807) is 30.5 Å². The molecule has 40 heavy (non-hydrogen) atoms. The number of likely N-dealkylation sites (tertiary alicyclic amines) is 2. The number of hydrogen-bond donors (Lipinski definition) is 1. The van der Waals surface area contributed by atoms with Gasteiger partial charge in [0.05, 0.1) is 7.11 Å². The highest BCUT2D eigenvalue weighted by Crippen LogP contribution is 2.39. The maximum absolute atomic E-state index is 15.8. The van der Waals surface area contributed by atoms with Crippen molar-refractivity contribution in [1.82, 2.24) is 25.0 Å². The molecule has 2 aromatic rings. The van der Waals surface area contributed by atoms with Gasteiger partial charge < -0.3 is 14.5 Å². The molecule has 1 atom stereocenters. The quantitative estimate of drug-likeness (QED) is 0.584. The summed E-state index contributed by atoms with van der Waals surface area (Å²) in [5.41, 5.74) is 2.32. The summed E-state index contributed by atoms with van der Waals surface area (Å²) < 4.78 is 20.8. The number of hydrogen-bond acceptors (Lipinski definition) is 7. The van der Waals surface area contributed by atoms with Crippen LogP contribution in [0.2, 0.25) is 0 Å². The molecule has 1 aromatic carbocycles. The van der Waals surface area contributed by atoms with E-state index in [0.717, 1.165) is 38.8 Å². The molecule has 210 valence electrons. The molecule has 0 bridgehead atoms. The number of carbonyl (C=O) groups excluding carboxylic acids is 4. The molecular formula is C29H32FN5O5. The van der Waals surface area contributed by atoms with Crippen LogP contribution in [0.3, 0.4) is 0 Å². The summed E-state index contributed by atoms with van der Waals surface area (Å²) in [6, 6.07) is 6.10. The largest absolute Gasteiger partial charge is 0.453 e. The van der Waals surface area contributed by atoms with Gasteiger partial charge in [-0.25, -0.2) is 9.18 Å². The van der Waals surface area contributed by atoms with Crippen LogP contribution in [0.15, 0.2) is 30.5 Å². The van der Waals surface area contributed by atoms with E-state index in [2.05, 4.69) is 15.2 Å². The van der Waals surface area contributed by atoms with Gasteiger partial charge in [-0.3, -0.25) is 29.6 Å². The number of ether oxygens (including phenoxy) is 1. The molecule has 0 radical (unpaired) electrons. The summed E-state index contributed by atoms with van der Waals surface area (Å²) in [5.74, 6) is -1.47. The number of nitrogens with zero attached hydrogens (tertiary/aromatic N) is 4. The minimum Gasteiger partial charge on any atom is -0.453 e. The summed E-state index contributed by atoms with van der Waals surface area (Å²) in [7, 11) is 1.42. The SMILES string of the molecule is COC(=O)N1CCCC12CCN(Cc1ccnc(-c3ccc4c(c3)CN(C3CCC(=O)NC3=O)C4=O)c1F)CC2. The summed E-state index contributed by atoms with van der Waals surface area (Å²) in [6.45, 7) is 2.87. The number of piperidine rings is 2. The van der Waals surface area contributed by atoms with Crippen LogP contribution in [0.5, 0.6) is 0 Å². The zero-order chi connectivity index (χ0) is 28.0. The van der Waals surface area contributed by atoms with Gasteiger partial charge in [-0.05, 0) is 55.9 Å². The maximum atomic E-state index is 15.8. The lowest BCUT2D eigenvalue weighted by molar-refractivity contribution is -0.136. The Morgan fingerprint density at radius 2 is 1.95 bits per heavy atom. The van der Waals surface area contributed by atoms with Gasteiger partial charge in [-0.2, -0.15) is 0 Å². The van der Waals surface area contributed by atoms with E-state index in [-0.39, 0.29) is 48.5 Å². The second kappa shape index (κ2) is 10.3. The molecule has 11 heteroatoms. The van der Waals surface area contributed by atoms with E-state index < -0.39 is 17.8 Å². The Kier molecular flexibility index (Phi) is 6.77. The van der Waals surface area contributed by atoms with Crippen LogP contribution in [0.1, 0.15) is 60.0 Å².